The SMILES string of the molecule is CC(=S)CC(=O)CCl. The summed E-state index contributed by atoms with van der Waals surface area (Å²) in [5.74, 6) is 0.0766. The van der Waals surface area contributed by atoms with Gasteiger partial charge in [-0.3, -0.25) is 4.79 Å². The Kier molecular flexibility index (Phi) is 4.01. The van der Waals surface area contributed by atoms with E-state index in [9.17, 15) is 4.79 Å². The Labute approximate surface area is 59.0 Å². The minimum Gasteiger partial charge on any atom is -0.298 e. The van der Waals surface area contributed by atoms with Gasteiger partial charge in [-0.05, 0) is 11.8 Å². The molecule has 0 heterocycles. The molecule has 3 heteroatoms. The molecule has 0 aliphatic rings. The van der Waals surface area contributed by atoms with E-state index in [0.29, 0.717) is 11.3 Å². The van der Waals surface area contributed by atoms with Gasteiger partial charge in [0.2, 0.25) is 0 Å². The minimum atomic E-state index is -0.000772. The highest BCUT2D eigenvalue weighted by Gasteiger charge is 1.98. The molecule has 0 aromatic rings. The molecule has 0 aliphatic heterocycles. The second kappa shape index (κ2) is 3.98. The molecule has 0 rings (SSSR count). The molecule has 0 radical (unpaired) electrons. The number of hydrogen-bond acceptors (Lipinski definition) is 2. The molecular formula is C5H7ClOS. The molecule has 8 heavy (non-hydrogen) atoms. The van der Waals surface area contributed by atoms with Crippen molar-refractivity contribution >= 4 is 34.5 Å². The predicted molar refractivity (Wildman–Crippen MR) is 38.6 cm³/mol. The number of ketones is 1. The maximum absolute atomic E-state index is 10.4. The van der Waals surface area contributed by atoms with Gasteiger partial charge in [-0.25, -0.2) is 0 Å². The van der Waals surface area contributed by atoms with Gasteiger partial charge in [0.25, 0.3) is 0 Å². The number of halogens is 1. The molecule has 0 spiro atoms. The van der Waals surface area contributed by atoms with E-state index in [1.807, 2.05) is 0 Å². The van der Waals surface area contributed by atoms with Crippen molar-refractivity contribution in [3.05, 3.63) is 0 Å². The lowest BCUT2D eigenvalue weighted by Gasteiger charge is -1.89. The molecule has 0 aromatic heterocycles. The Morgan fingerprint density at radius 3 is 2.38 bits per heavy atom. The fourth-order valence-corrected chi connectivity index (χ4v) is 0.580. The Morgan fingerprint density at radius 1 is 1.75 bits per heavy atom. The van der Waals surface area contributed by atoms with Crippen LogP contribution in [0.25, 0.3) is 0 Å². The zero-order valence-electron chi connectivity index (χ0n) is 4.61. The highest BCUT2D eigenvalue weighted by molar-refractivity contribution is 7.80. The summed E-state index contributed by atoms with van der Waals surface area (Å²) in [7, 11) is 0. The fourth-order valence-electron chi connectivity index (χ4n) is 0.325. The third-order valence-electron chi connectivity index (χ3n) is 0.595. The van der Waals surface area contributed by atoms with Crippen molar-refractivity contribution in [2.45, 2.75) is 13.3 Å². The van der Waals surface area contributed by atoms with E-state index >= 15 is 0 Å². The third kappa shape index (κ3) is 4.22. The van der Waals surface area contributed by atoms with Gasteiger partial charge in [-0.2, -0.15) is 0 Å². The van der Waals surface area contributed by atoms with E-state index in [2.05, 4.69) is 12.2 Å². The van der Waals surface area contributed by atoms with Gasteiger partial charge >= 0.3 is 0 Å². The first-order chi connectivity index (χ1) is 3.66. The molecular weight excluding hydrogens is 144 g/mol. The third-order valence-corrected chi connectivity index (χ3v) is 1.04. The summed E-state index contributed by atoms with van der Waals surface area (Å²) in [6.07, 6.45) is 0.346. The van der Waals surface area contributed by atoms with Gasteiger partial charge in [0.1, 0.15) is 0 Å². The van der Waals surface area contributed by atoms with Gasteiger partial charge in [0, 0.05) is 6.42 Å². The van der Waals surface area contributed by atoms with Crippen LogP contribution < -0.4 is 0 Å². The van der Waals surface area contributed by atoms with Gasteiger partial charge in [-0.1, -0.05) is 12.2 Å². The summed E-state index contributed by atoms with van der Waals surface area (Å²) in [4.78, 5) is 11.1. The number of carbonyl (C=O) groups excluding carboxylic acids is 1. The maximum atomic E-state index is 10.4. The van der Waals surface area contributed by atoms with Gasteiger partial charge in [0.05, 0.1) is 5.88 Å². The van der Waals surface area contributed by atoms with E-state index < -0.39 is 0 Å². The van der Waals surface area contributed by atoms with Crippen LogP contribution >= 0.6 is 23.8 Å². The van der Waals surface area contributed by atoms with Crippen LogP contribution in [0.15, 0.2) is 0 Å². The number of hydrogen-bond donors (Lipinski definition) is 0. The topological polar surface area (TPSA) is 17.1 Å². The van der Waals surface area contributed by atoms with Crippen LogP contribution in [0.2, 0.25) is 0 Å². The normalized spacial score (nSPS) is 8.75. The van der Waals surface area contributed by atoms with Crippen LogP contribution in [0.1, 0.15) is 13.3 Å². The van der Waals surface area contributed by atoms with Crippen molar-refractivity contribution in [3.8, 4) is 0 Å². The summed E-state index contributed by atoms with van der Waals surface area (Å²) < 4.78 is 0. The standard InChI is InChI=1S/C5H7ClOS/c1-4(8)2-5(7)3-6/h2-3H2,1H3. The predicted octanol–water partition coefficient (Wildman–Crippen LogP) is 1.57. The number of alkyl halides is 1. The Bertz CT molecular complexity index is 111. The van der Waals surface area contributed by atoms with Crippen molar-refractivity contribution in [2.24, 2.45) is 0 Å². The second-order valence-electron chi connectivity index (χ2n) is 1.55. The van der Waals surface area contributed by atoms with E-state index in [1.54, 1.807) is 6.92 Å². The first kappa shape index (κ1) is 8.05. The van der Waals surface area contributed by atoms with Crippen LogP contribution in [-0.2, 0) is 4.79 Å². The van der Waals surface area contributed by atoms with Crippen molar-refractivity contribution in [2.75, 3.05) is 5.88 Å². The lowest BCUT2D eigenvalue weighted by Crippen LogP contribution is -2.02. The molecule has 0 bridgehead atoms. The zero-order chi connectivity index (χ0) is 6.57. The molecule has 0 amide bonds. The Hall–Kier alpha value is 0.0500. The average Bonchev–Trinajstić information content (AvgIpc) is 1.65. The number of Topliss-reactive ketones (excluding diaryl/α,β-unsaturated/α-hetero) is 1. The van der Waals surface area contributed by atoms with Crippen molar-refractivity contribution < 1.29 is 4.79 Å². The first-order valence-electron chi connectivity index (χ1n) is 2.24. The molecule has 0 atom stereocenters. The lowest BCUT2D eigenvalue weighted by molar-refractivity contribution is -0.115. The van der Waals surface area contributed by atoms with E-state index in [0.717, 1.165) is 0 Å². The summed E-state index contributed by atoms with van der Waals surface area (Å²) in [6, 6.07) is 0. The molecule has 0 saturated carbocycles. The molecule has 0 aliphatic carbocycles. The van der Waals surface area contributed by atoms with Crippen molar-refractivity contribution in [3.63, 3.8) is 0 Å². The van der Waals surface area contributed by atoms with Gasteiger partial charge < -0.3 is 0 Å². The number of carbonyl (C=O) groups is 1. The van der Waals surface area contributed by atoms with Crippen molar-refractivity contribution in [1.29, 1.82) is 0 Å². The van der Waals surface area contributed by atoms with Gasteiger partial charge in [-0.15, -0.1) is 11.6 Å². The Morgan fingerprint density at radius 2 is 2.25 bits per heavy atom. The summed E-state index contributed by atoms with van der Waals surface area (Å²) in [6.45, 7) is 1.74. The molecule has 0 fully saturated rings. The zero-order valence-corrected chi connectivity index (χ0v) is 6.18. The molecule has 0 N–H and O–H groups in total. The number of rotatable bonds is 3. The Balaban J connectivity index is 3.40. The highest BCUT2D eigenvalue weighted by Crippen LogP contribution is 1.89. The molecule has 0 saturated heterocycles. The largest absolute Gasteiger partial charge is 0.298 e. The molecule has 0 aromatic carbocycles. The highest BCUT2D eigenvalue weighted by atomic mass is 35.5. The quantitative estimate of drug-likeness (QED) is 0.449. The first-order valence-corrected chi connectivity index (χ1v) is 3.18. The second-order valence-corrected chi connectivity index (χ2v) is 2.52. The number of thiocarbonyl (C=S) groups is 1. The fraction of sp³-hybridized carbons (Fsp3) is 0.600. The maximum Gasteiger partial charge on any atom is 0.152 e. The van der Waals surface area contributed by atoms with Crippen LogP contribution in [0.3, 0.4) is 0 Å². The summed E-state index contributed by atoms with van der Waals surface area (Å²) in [5.41, 5.74) is 0. The molecule has 46 valence electrons. The van der Waals surface area contributed by atoms with Gasteiger partial charge in [0.15, 0.2) is 5.78 Å². The van der Waals surface area contributed by atoms with Crippen LogP contribution in [-0.4, -0.2) is 16.5 Å². The van der Waals surface area contributed by atoms with Crippen LogP contribution in [0.4, 0.5) is 0 Å². The van der Waals surface area contributed by atoms with E-state index in [-0.39, 0.29) is 11.7 Å². The average molecular weight is 151 g/mol. The minimum absolute atomic E-state index is 0.000772. The van der Waals surface area contributed by atoms with Crippen LogP contribution in [0, 0.1) is 0 Å². The lowest BCUT2D eigenvalue weighted by atomic mass is 10.2. The summed E-state index contributed by atoms with van der Waals surface area (Å²) in [5, 5.41) is 0. The van der Waals surface area contributed by atoms with E-state index in [4.69, 9.17) is 11.6 Å². The smallest absolute Gasteiger partial charge is 0.152 e. The van der Waals surface area contributed by atoms with E-state index in [1.165, 1.54) is 0 Å². The monoisotopic (exact) mass is 150 g/mol. The van der Waals surface area contributed by atoms with Crippen molar-refractivity contribution in [1.82, 2.24) is 0 Å². The molecule has 0 unspecified atom stereocenters. The van der Waals surface area contributed by atoms with Crippen LogP contribution in [0.5, 0.6) is 0 Å². The summed E-state index contributed by atoms with van der Waals surface area (Å²) >= 11 is 9.85. The molecule has 1 nitrogen and oxygen atoms in total.